The molecule has 3 N–H and O–H groups in total. The maximum atomic E-state index is 14.4. The Labute approximate surface area is 126 Å². The first-order chi connectivity index (χ1) is 10.1. The van der Waals surface area contributed by atoms with E-state index in [1.807, 2.05) is 0 Å². The first kappa shape index (κ1) is 17.4. The lowest BCUT2D eigenvalue weighted by molar-refractivity contribution is 0.253. The Morgan fingerprint density at radius 3 is 2.38 bits per heavy atom. The van der Waals surface area contributed by atoms with Gasteiger partial charge in [0.05, 0.1) is 5.56 Å². The molecule has 1 aromatic rings. The molecule has 0 spiro atoms. The number of nitrogens with zero attached hydrogens (tertiary/aromatic N) is 2. The fourth-order valence-electron chi connectivity index (χ4n) is 2.23. The molecule has 118 valence electrons. The number of nitrogens with two attached hydrogens (primary N) is 1. The second-order valence-corrected chi connectivity index (χ2v) is 5.25. The Kier molecular flexibility index (Phi) is 7.75. The Balaban J connectivity index is 2.87. The zero-order valence-electron chi connectivity index (χ0n) is 13.0. The van der Waals surface area contributed by atoms with Gasteiger partial charge in [0, 0.05) is 12.1 Å². The van der Waals surface area contributed by atoms with Crippen molar-refractivity contribution >= 4 is 5.84 Å². The number of unbranched alkanes of at least 4 members (excludes halogenated alkanes) is 2. The molecule has 0 aliphatic carbocycles. The predicted molar refractivity (Wildman–Crippen MR) is 84.0 cm³/mol. The van der Waals surface area contributed by atoms with E-state index in [1.54, 1.807) is 12.1 Å². The Morgan fingerprint density at radius 2 is 1.86 bits per heavy atom. The predicted octanol–water partition coefficient (Wildman–Crippen LogP) is 3.32. The van der Waals surface area contributed by atoms with Crippen LogP contribution in [0.25, 0.3) is 0 Å². The quantitative estimate of drug-likeness (QED) is 0.318. The van der Waals surface area contributed by atoms with Crippen LogP contribution in [-0.4, -0.2) is 29.0 Å². The number of halogens is 1. The van der Waals surface area contributed by atoms with Gasteiger partial charge in [0.2, 0.25) is 0 Å². The third-order valence-corrected chi connectivity index (χ3v) is 3.51. The van der Waals surface area contributed by atoms with Crippen LogP contribution in [0.3, 0.4) is 0 Å². The number of rotatable bonds is 9. The number of amidine groups is 1. The third-order valence-electron chi connectivity index (χ3n) is 3.51. The second-order valence-electron chi connectivity index (χ2n) is 5.25. The molecule has 0 aliphatic heterocycles. The summed E-state index contributed by atoms with van der Waals surface area (Å²) in [5.74, 6) is -0.589. The zero-order valence-corrected chi connectivity index (χ0v) is 13.0. The van der Waals surface area contributed by atoms with Gasteiger partial charge in [-0.05, 0) is 32.0 Å². The van der Waals surface area contributed by atoms with Crippen molar-refractivity contribution in [1.29, 1.82) is 0 Å². The average molecular weight is 295 g/mol. The monoisotopic (exact) mass is 295 g/mol. The van der Waals surface area contributed by atoms with E-state index in [2.05, 4.69) is 23.9 Å². The van der Waals surface area contributed by atoms with Crippen molar-refractivity contribution in [3.05, 3.63) is 35.1 Å². The van der Waals surface area contributed by atoms with Gasteiger partial charge in [-0.3, -0.25) is 4.90 Å². The minimum atomic E-state index is -0.397. The lowest BCUT2D eigenvalue weighted by atomic mass is 10.1. The van der Waals surface area contributed by atoms with Crippen molar-refractivity contribution in [2.75, 3.05) is 13.1 Å². The summed E-state index contributed by atoms with van der Waals surface area (Å²) in [6.07, 6.45) is 4.45. The third kappa shape index (κ3) is 5.34. The molecule has 1 rings (SSSR count). The maximum absolute atomic E-state index is 14.4. The molecule has 0 aromatic heterocycles. The first-order valence-electron chi connectivity index (χ1n) is 7.61. The van der Waals surface area contributed by atoms with Crippen LogP contribution in [0, 0.1) is 5.82 Å². The van der Waals surface area contributed by atoms with Crippen LogP contribution in [-0.2, 0) is 6.54 Å². The minimum Gasteiger partial charge on any atom is -0.409 e. The summed E-state index contributed by atoms with van der Waals surface area (Å²) in [6.45, 7) is 6.78. The summed E-state index contributed by atoms with van der Waals surface area (Å²) >= 11 is 0. The van der Waals surface area contributed by atoms with Gasteiger partial charge in [-0.1, -0.05) is 44.0 Å². The van der Waals surface area contributed by atoms with Crippen molar-refractivity contribution in [3.63, 3.8) is 0 Å². The number of hydrogen-bond acceptors (Lipinski definition) is 3. The second kappa shape index (κ2) is 9.34. The SMILES string of the molecule is CCCCN(CCCC)Cc1cccc(/C(N)=N/O)c1F. The average Bonchev–Trinajstić information content (AvgIpc) is 2.50. The molecule has 0 atom stereocenters. The van der Waals surface area contributed by atoms with Crippen LogP contribution in [0.4, 0.5) is 4.39 Å². The van der Waals surface area contributed by atoms with Gasteiger partial charge < -0.3 is 10.9 Å². The summed E-state index contributed by atoms with van der Waals surface area (Å²) in [7, 11) is 0. The Hall–Kier alpha value is -1.62. The highest BCUT2D eigenvalue weighted by molar-refractivity contribution is 5.97. The molecular formula is C16H26FN3O. The van der Waals surface area contributed by atoms with E-state index in [0.717, 1.165) is 38.8 Å². The summed E-state index contributed by atoms with van der Waals surface area (Å²) in [4.78, 5) is 2.27. The summed E-state index contributed by atoms with van der Waals surface area (Å²) in [5.41, 5.74) is 6.24. The van der Waals surface area contributed by atoms with Gasteiger partial charge in [0.25, 0.3) is 0 Å². The molecule has 21 heavy (non-hydrogen) atoms. The first-order valence-corrected chi connectivity index (χ1v) is 7.61. The molecule has 0 saturated carbocycles. The topological polar surface area (TPSA) is 61.8 Å². The molecule has 0 bridgehead atoms. The fourth-order valence-corrected chi connectivity index (χ4v) is 2.23. The van der Waals surface area contributed by atoms with Gasteiger partial charge in [-0.2, -0.15) is 0 Å². The van der Waals surface area contributed by atoms with E-state index in [-0.39, 0.29) is 11.4 Å². The normalized spacial score (nSPS) is 12.1. The van der Waals surface area contributed by atoms with Crippen molar-refractivity contribution in [3.8, 4) is 0 Å². The number of benzene rings is 1. The van der Waals surface area contributed by atoms with Gasteiger partial charge >= 0.3 is 0 Å². The molecule has 0 fully saturated rings. The van der Waals surface area contributed by atoms with Crippen LogP contribution in [0.5, 0.6) is 0 Å². The van der Waals surface area contributed by atoms with Crippen molar-refractivity contribution in [1.82, 2.24) is 4.90 Å². The summed E-state index contributed by atoms with van der Waals surface area (Å²) < 4.78 is 14.4. The van der Waals surface area contributed by atoms with Crippen molar-refractivity contribution < 1.29 is 9.60 Å². The van der Waals surface area contributed by atoms with E-state index in [4.69, 9.17) is 10.9 Å². The van der Waals surface area contributed by atoms with Crippen molar-refractivity contribution in [2.24, 2.45) is 10.9 Å². The van der Waals surface area contributed by atoms with Crippen LogP contribution < -0.4 is 5.73 Å². The molecule has 0 unspecified atom stereocenters. The maximum Gasteiger partial charge on any atom is 0.173 e. The zero-order chi connectivity index (χ0) is 15.7. The lowest BCUT2D eigenvalue weighted by Crippen LogP contribution is -2.26. The molecule has 1 aromatic carbocycles. The van der Waals surface area contributed by atoms with Crippen LogP contribution in [0.1, 0.15) is 50.7 Å². The molecule has 4 nitrogen and oxygen atoms in total. The largest absolute Gasteiger partial charge is 0.409 e. The molecule has 0 aliphatic rings. The fraction of sp³-hybridized carbons (Fsp3) is 0.562. The van der Waals surface area contributed by atoms with E-state index in [9.17, 15) is 4.39 Å². The standard InChI is InChI=1S/C16H26FN3O/c1-3-5-10-20(11-6-4-2)12-13-8-7-9-14(15(13)17)16(18)19-21/h7-9,21H,3-6,10-12H2,1-2H3,(H2,18,19). The molecular weight excluding hydrogens is 269 g/mol. The highest BCUT2D eigenvalue weighted by Gasteiger charge is 2.14. The van der Waals surface area contributed by atoms with Crippen LogP contribution >= 0.6 is 0 Å². The Bertz CT molecular complexity index is 455. The highest BCUT2D eigenvalue weighted by atomic mass is 19.1. The van der Waals surface area contributed by atoms with Gasteiger partial charge in [-0.15, -0.1) is 0 Å². The molecule has 0 amide bonds. The molecule has 0 saturated heterocycles. The van der Waals surface area contributed by atoms with Gasteiger partial charge in [-0.25, -0.2) is 4.39 Å². The molecule has 0 heterocycles. The van der Waals surface area contributed by atoms with Gasteiger partial charge in [0.1, 0.15) is 5.82 Å². The molecule has 5 heteroatoms. The van der Waals surface area contributed by atoms with Crippen LogP contribution in [0.15, 0.2) is 23.4 Å². The Morgan fingerprint density at radius 1 is 1.24 bits per heavy atom. The number of oxime groups is 1. The molecule has 0 radical (unpaired) electrons. The lowest BCUT2D eigenvalue weighted by Gasteiger charge is -2.22. The number of hydrogen-bond donors (Lipinski definition) is 2. The van der Waals surface area contributed by atoms with E-state index >= 15 is 0 Å². The van der Waals surface area contributed by atoms with E-state index < -0.39 is 5.82 Å². The summed E-state index contributed by atoms with van der Waals surface area (Å²) in [6, 6.07) is 5.02. The van der Waals surface area contributed by atoms with Crippen LogP contribution in [0.2, 0.25) is 0 Å². The summed E-state index contributed by atoms with van der Waals surface area (Å²) in [5, 5.41) is 11.6. The smallest absolute Gasteiger partial charge is 0.173 e. The van der Waals surface area contributed by atoms with E-state index in [0.29, 0.717) is 12.1 Å². The van der Waals surface area contributed by atoms with Crippen molar-refractivity contribution in [2.45, 2.75) is 46.1 Å². The highest BCUT2D eigenvalue weighted by Crippen LogP contribution is 2.16. The van der Waals surface area contributed by atoms with E-state index in [1.165, 1.54) is 6.07 Å². The minimum absolute atomic E-state index is 0.154. The van der Waals surface area contributed by atoms with Gasteiger partial charge in [0.15, 0.2) is 5.84 Å².